The van der Waals surface area contributed by atoms with E-state index in [1.165, 1.54) is 0 Å². The highest BCUT2D eigenvalue weighted by Gasteiger charge is 2.51. The summed E-state index contributed by atoms with van der Waals surface area (Å²) in [6, 6.07) is 6.53. The third-order valence-corrected chi connectivity index (χ3v) is 5.68. The van der Waals surface area contributed by atoms with Crippen molar-refractivity contribution in [3.05, 3.63) is 34.9 Å². The summed E-state index contributed by atoms with van der Waals surface area (Å²) in [6.45, 7) is 2.07. The number of rotatable bonds is 6. The van der Waals surface area contributed by atoms with Gasteiger partial charge in [-0.3, -0.25) is 14.6 Å². The van der Waals surface area contributed by atoms with Crippen LogP contribution in [0.1, 0.15) is 63.9 Å². The van der Waals surface area contributed by atoms with E-state index in [0.29, 0.717) is 17.2 Å². The highest BCUT2D eigenvalue weighted by molar-refractivity contribution is 6.47. The number of hydrogen-bond donors (Lipinski definition) is 1. The Balaban J connectivity index is 2.01. The Hall–Kier alpha value is -1.88. The number of primary amides is 1. The zero-order valence-electron chi connectivity index (χ0n) is 15.2. The van der Waals surface area contributed by atoms with Crippen LogP contribution in [0.25, 0.3) is 0 Å². The molecule has 5 nitrogen and oxygen atoms in total. The van der Waals surface area contributed by atoms with Crippen LogP contribution in [0.4, 0.5) is 0 Å². The molecule has 140 valence electrons. The van der Waals surface area contributed by atoms with E-state index >= 15 is 0 Å². The van der Waals surface area contributed by atoms with Gasteiger partial charge in [-0.05, 0) is 44.2 Å². The second kappa shape index (κ2) is 7.78. The van der Waals surface area contributed by atoms with Crippen LogP contribution in [0.2, 0.25) is 5.02 Å². The number of halogens is 1. The molecule has 1 aromatic rings. The fourth-order valence-electron chi connectivity index (χ4n) is 4.11. The van der Waals surface area contributed by atoms with Crippen LogP contribution < -0.4 is 5.73 Å². The van der Waals surface area contributed by atoms with Crippen molar-refractivity contribution in [1.82, 2.24) is 4.90 Å². The van der Waals surface area contributed by atoms with E-state index in [2.05, 4.69) is 6.92 Å². The normalized spacial score (nSPS) is 20.3. The molecule has 26 heavy (non-hydrogen) atoms. The summed E-state index contributed by atoms with van der Waals surface area (Å²) in [7, 11) is 0. The number of nitrogens with zero attached hydrogens (tertiary/aromatic N) is 2. The highest BCUT2D eigenvalue weighted by Crippen LogP contribution is 2.41. The molecule has 1 heterocycles. The Morgan fingerprint density at radius 1 is 1.27 bits per heavy atom. The van der Waals surface area contributed by atoms with Gasteiger partial charge in [0, 0.05) is 10.6 Å². The van der Waals surface area contributed by atoms with Gasteiger partial charge in [0.15, 0.2) is 0 Å². The molecule has 1 aliphatic carbocycles. The van der Waals surface area contributed by atoms with E-state index in [-0.39, 0.29) is 5.91 Å². The van der Waals surface area contributed by atoms with Crippen LogP contribution in [0.3, 0.4) is 0 Å². The van der Waals surface area contributed by atoms with E-state index in [1.54, 1.807) is 17.0 Å². The zero-order chi connectivity index (χ0) is 18.7. The lowest BCUT2D eigenvalue weighted by molar-refractivity contribution is -0.140. The second-order valence-electron chi connectivity index (χ2n) is 7.25. The first-order valence-corrected chi connectivity index (χ1v) is 9.85. The molecule has 1 aromatic carbocycles. The van der Waals surface area contributed by atoms with Crippen LogP contribution >= 0.6 is 11.6 Å². The van der Waals surface area contributed by atoms with Gasteiger partial charge in [0.1, 0.15) is 17.4 Å². The van der Waals surface area contributed by atoms with E-state index < -0.39 is 17.6 Å². The molecule has 0 radical (unpaired) electrons. The van der Waals surface area contributed by atoms with Gasteiger partial charge in [-0.25, -0.2) is 0 Å². The monoisotopic (exact) mass is 375 g/mol. The lowest BCUT2D eigenvalue weighted by Crippen LogP contribution is -2.57. The number of unbranched alkanes of at least 4 members (excludes halogenated alkanes) is 1. The predicted molar refractivity (Wildman–Crippen MR) is 103 cm³/mol. The third kappa shape index (κ3) is 3.50. The van der Waals surface area contributed by atoms with E-state index in [0.717, 1.165) is 50.5 Å². The lowest BCUT2D eigenvalue weighted by Gasteiger charge is -2.42. The molecular formula is C20H26ClN3O2. The molecule has 2 amide bonds. The third-order valence-electron chi connectivity index (χ3n) is 5.43. The van der Waals surface area contributed by atoms with Crippen molar-refractivity contribution in [2.24, 2.45) is 10.7 Å². The zero-order valence-corrected chi connectivity index (χ0v) is 16.0. The predicted octanol–water partition coefficient (Wildman–Crippen LogP) is 3.68. The van der Waals surface area contributed by atoms with Crippen molar-refractivity contribution >= 4 is 29.1 Å². The number of aliphatic imine (C=N–C) groups is 1. The summed E-state index contributed by atoms with van der Waals surface area (Å²) < 4.78 is 0. The maximum Gasteiger partial charge on any atom is 0.275 e. The van der Waals surface area contributed by atoms with Crippen LogP contribution in [0.5, 0.6) is 0 Å². The summed E-state index contributed by atoms with van der Waals surface area (Å²) in [5.41, 5.74) is 6.25. The van der Waals surface area contributed by atoms with Crippen LogP contribution in [-0.4, -0.2) is 34.1 Å². The number of nitrogens with two attached hydrogens (primary N) is 1. The van der Waals surface area contributed by atoms with E-state index in [1.807, 2.05) is 12.1 Å². The topological polar surface area (TPSA) is 75.8 Å². The van der Waals surface area contributed by atoms with Crippen molar-refractivity contribution in [1.29, 1.82) is 0 Å². The Labute approximate surface area is 159 Å². The fourth-order valence-corrected chi connectivity index (χ4v) is 4.23. The molecule has 0 saturated heterocycles. The van der Waals surface area contributed by atoms with Gasteiger partial charge in [0.25, 0.3) is 5.91 Å². The van der Waals surface area contributed by atoms with Gasteiger partial charge in [-0.1, -0.05) is 49.9 Å². The molecule has 1 saturated carbocycles. The standard InChI is InChI=1S/C20H26ClN3O2/c1-2-3-7-16(18(22)25)24-19(26)17(14-8-10-15(21)11-9-14)23-20(24)12-5-4-6-13-20/h8-11,16H,2-7,12-13H2,1H3,(H2,22,25). The van der Waals surface area contributed by atoms with Crippen molar-refractivity contribution in [3.8, 4) is 0 Å². The van der Waals surface area contributed by atoms with Gasteiger partial charge >= 0.3 is 0 Å². The molecule has 1 atom stereocenters. The van der Waals surface area contributed by atoms with Crippen molar-refractivity contribution < 1.29 is 9.59 Å². The maximum absolute atomic E-state index is 13.3. The summed E-state index contributed by atoms with van der Waals surface area (Å²) in [4.78, 5) is 32.1. The average Bonchev–Trinajstić information content (AvgIpc) is 2.89. The Morgan fingerprint density at radius 2 is 1.92 bits per heavy atom. The number of amides is 2. The van der Waals surface area contributed by atoms with Crippen molar-refractivity contribution in [2.75, 3.05) is 0 Å². The Morgan fingerprint density at radius 3 is 2.50 bits per heavy atom. The van der Waals surface area contributed by atoms with Crippen LogP contribution in [0, 0.1) is 0 Å². The minimum absolute atomic E-state index is 0.186. The number of hydrogen-bond acceptors (Lipinski definition) is 3. The minimum Gasteiger partial charge on any atom is -0.368 e. The molecule has 6 heteroatoms. The SMILES string of the molecule is CCCCC(C(N)=O)N1C(=O)C(c2ccc(Cl)cc2)=NC12CCCCC2. The van der Waals surface area contributed by atoms with E-state index in [4.69, 9.17) is 22.3 Å². The number of benzene rings is 1. The van der Waals surface area contributed by atoms with Gasteiger partial charge in [-0.2, -0.15) is 0 Å². The first kappa shape index (κ1) is 18.9. The molecule has 1 unspecified atom stereocenters. The van der Waals surface area contributed by atoms with Crippen LogP contribution in [-0.2, 0) is 9.59 Å². The van der Waals surface area contributed by atoms with Gasteiger partial charge in [0.05, 0.1) is 0 Å². The maximum atomic E-state index is 13.3. The Bertz CT molecular complexity index is 708. The van der Waals surface area contributed by atoms with Gasteiger partial charge < -0.3 is 10.6 Å². The molecular weight excluding hydrogens is 350 g/mol. The number of carbonyl (C=O) groups excluding carboxylic acids is 2. The van der Waals surface area contributed by atoms with Gasteiger partial charge in [0.2, 0.25) is 5.91 Å². The molecule has 3 rings (SSSR count). The molecule has 2 aliphatic rings. The summed E-state index contributed by atoms with van der Waals surface area (Å²) in [6.07, 6.45) is 7.08. The first-order valence-electron chi connectivity index (χ1n) is 9.47. The Kier molecular flexibility index (Phi) is 5.66. The van der Waals surface area contributed by atoms with Crippen molar-refractivity contribution in [2.45, 2.75) is 70.0 Å². The number of carbonyl (C=O) groups is 2. The minimum atomic E-state index is -0.627. The smallest absolute Gasteiger partial charge is 0.275 e. The quantitative estimate of drug-likeness (QED) is 0.823. The highest BCUT2D eigenvalue weighted by atomic mass is 35.5. The first-order chi connectivity index (χ1) is 12.5. The summed E-state index contributed by atoms with van der Waals surface area (Å²) in [5, 5.41) is 0.613. The molecule has 0 aromatic heterocycles. The molecule has 1 aliphatic heterocycles. The molecule has 1 fully saturated rings. The van der Waals surface area contributed by atoms with Crippen molar-refractivity contribution in [3.63, 3.8) is 0 Å². The van der Waals surface area contributed by atoms with Crippen LogP contribution in [0.15, 0.2) is 29.3 Å². The summed E-state index contributed by atoms with van der Waals surface area (Å²) in [5.74, 6) is -0.626. The molecule has 0 bridgehead atoms. The largest absolute Gasteiger partial charge is 0.368 e. The summed E-state index contributed by atoms with van der Waals surface area (Å²) >= 11 is 5.98. The molecule has 1 spiro atoms. The lowest BCUT2D eigenvalue weighted by atomic mass is 9.87. The van der Waals surface area contributed by atoms with E-state index in [9.17, 15) is 9.59 Å². The van der Waals surface area contributed by atoms with Gasteiger partial charge in [-0.15, -0.1) is 0 Å². The average molecular weight is 376 g/mol. The second-order valence-corrected chi connectivity index (χ2v) is 7.68. The molecule has 2 N–H and O–H groups in total. The fraction of sp³-hybridized carbons (Fsp3) is 0.550.